The first kappa shape index (κ1) is 12.0. The molecule has 1 saturated heterocycles. The van der Waals surface area contributed by atoms with Crippen LogP contribution in [-0.4, -0.2) is 37.1 Å². The average molecular weight is 198 g/mol. The van der Waals surface area contributed by atoms with Gasteiger partial charge in [-0.3, -0.25) is 0 Å². The standard InChI is InChI=1S/C12H26N2/c1-11(2,3)14(5)9-7-12(4)6-8-13-10-12/h13H,6-10H2,1-5H3. The molecule has 0 aromatic heterocycles. The molecule has 0 aliphatic carbocycles. The van der Waals surface area contributed by atoms with Gasteiger partial charge in [0.1, 0.15) is 0 Å². The normalized spacial score (nSPS) is 28.7. The molecule has 1 unspecified atom stereocenters. The summed E-state index contributed by atoms with van der Waals surface area (Å²) in [5.74, 6) is 0. The number of hydrogen-bond donors (Lipinski definition) is 1. The van der Waals surface area contributed by atoms with E-state index in [0.717, 1.165) is 0 Å². The fourth-order valence-corrected chi connectivity index (χ4v) is 1.86. The van der Waals surface area contributed by atoms with E-state index < -0.39 is 0 Å². The van der Waals surface area contributed by atoms with Gasteiger partial charge in [-0.1, -0.05) is 6.92 Å². The Kier molecular flexibility index (Phi) is 3.59. The highest BCUT2D eigenvalue weighted by Crippen LogP contribution is 2.29. The highest BCUT2D eigenvalue weighted by molar-refractivity contribution is 4.85. The molecule has 1 aliphatic heterocycles. The van der Waals surface area contributed by atoms with E-state index in [1.54, 1.807) is 0 Å². The Hall–Kier alpha value is -0.0800. The van der Waals surface area contributed by atoms with Crippen molar-refractivity contribution < 1.29 is 0 Å². The lowest BCUT2D eigenvalue weighted by molar-refractivity contribution is 0.148. The van der Waals surface area contributed by atoms with Gasteiger partial charge in [0.15, 0.2) is 0 Å². The molecule has 0 spiro atoms. The Balaban J connectivity index is 2.33. The summed E-state index contributed by atoms with van der Waals surface area (Å²) in [6.07, 6.45) is 2.65. The molecule has 1 rings (SSSR count). The number of hydrogen-bond acceptors (Lipinski definition) is 2. The maximum absolute atomic E-state index is 3.46. The van der Waals surface area contributed by atoms with Crippen LogP contribution in [0.15, 0.2) is 0 Å². The van der Waals surface area contributed by atoms with Crippen molar-refractivity contribution >= 4 is 0 Å². The Morgan fingerprint density at radius 2 is 2.00 bits per heavy atom. The largest absolute Gasteiger partial charge is 0.316 e. The van der Waals surface area contributed by atoms with Gasteiger partial charge >= 0.3 is 0 Å². The van der Waals surface area contributed by atoms with Gasteiger partial charge in [-0.05, 0) is 59.2 Å². The molecule has 0 aromatic rings. The van der Waals surface area contributed by atoms with Crippen LogP contribution in [0.4, 0.5) is 0 Å². The zero-order valence-electron chi connectivity index (χ0n) is 10.5. The molecule has 1 aliphatic rings. The third-order valence-corrected chi connectivity index (χ3v) is 3.65. The second-order valence-corrected chi connectivity index (χ2v) is 6.08. The molecule has 0 amide bonds. The van der Waals surface area contributed by atoms with E-state index in [1.807, 2.05) is 0 Å². The summed E-state index contributed by atoms with van der Waals surface area (Å²) in [5, 5.41) is 3.46. The highest BCUT2D eigenvalue weighted by atomic mass is 15.2. The second-order valence-electron chi connectivity index (χ2n) is 6.08. The fraction of sp³-hybridized carbons (Fsp3) is 1.00. The van der Waals surface area contributed by atoms with Crippen LogP contribution in [0.3, 0.4) is 0 Å². The molecular formula is C12H26N2. The van der Waals surface area contributed by atoms with Crippen LogP contribution in [0.5, 0.6) is 0 Å². The van der Waals surface area contributed by atoms with Crippen LogP contribution in [0.25, 0.3) is 0 Å². The SMILES string of the molecule is CN(CCC1(C)CCNC1)C(C)(C)C. The summed E-state index contributed by atoms with van der Waals surface area (Å²) in [4.78, 5) is 2.45. The van der Waals surface area contributed by atoms with Gasteiger partial charge in [-0.15, -0.1) is 0 Å². The van der Waals surface area contributed by atoms with Gasteiger partial charge < -0.3 is 10.2 Å². The summed E-state index contributed by atoms with van der Waals surface area (Å²) < 4.78 is 0. The maximum atomic E-state index is 3.46. The minimum Gasteiger partial charge on any atom is -0.316 e. The monoisotopic (exact) mass is 198 g/mol. The van der Waals surface area contributed by atoms with Gasteiger partial charge in [-0.25, -0.2) is 0 Å². The smallest absolute Gasteiger partial charge is 0.0122 e. The van der Waals surface area contributed by atoms with Crippen LogP contribution in [0.1, 0.15) is 40.5 Å². The summed E-state index contributed by atoms with van der Waals surface area (Å²) in [7, 11) is 2.23. The van der Waals surface area contributed by atoms with Crippen molar-refractivity contribution in [1.82, 2.24) is 10.2 Å². The molecule has 14 heavy (non-hydrogen) atoms. The van der Waals surface area contributed by atoms with Crippen molar-refractivity contribution in [2.24, 2.45) is 5.41 Å². The summed E-state index contributed by atoms with van der Waals surface area (Å²) in [5.41, 5.74) is 0.849. The molecule has 1 heterocycles. The molecule has 2 nitrogen and oxygen atoms in total. The summed E-state index contributed by atoms with van der Waals surface area (Å²) >= 11 is 0. The highest BCUT2D eigenvalue weighted by Gasteiger charge is 2.29. The quantitative estimate of drug-likeness (QED) is 0.747. The van der Waals surface area contributed by atoms with Gasteiger partial charge in [-0.2, -0.15) is 0 Å². The third kappa shape index (κ3) is 3.25. The molecule has 1 atom stereocenters. The minimum absolute atomic E-state index is 0.308. The van der Waals surface area contributed by atoms with Crippen molar-refractivity contribution in [3.8, 4) is 0 Å². The third-order valence-electron chi connectivity index (χ3n) is 3.65. The number of nitrogens with one attached hydrogen (secondary N) is 1. The van der Waals surface area contributed by atoms with Crippen molar-refractivity contribution in [3.05, 3.63) is 0 Å². The van der Waals surface area contributed by atoms with E-state index in [4.69, 9.17) is 0 Å². The zero-order valence-corrected chi connectivity index (χ0v) is 10.5. The predicted molar refractivity (Wildman–Crippen MR) is 62.6 cm³/mol. The first-order valence-corrected chi connectivity index (χ1v) is 5.75. The number of nitrogens with zero attached hydrogens (tertiary/aromatic N) is 1. The molecule has 84 valence electrons. The van der Waals surface area contributed by atoms with Gasteiger partial charge in [0, 0.05) is 12.1 Å². The van der Waals surface area contributed by atoms with E-state index in [-0.39, 0.29) is 0 Å². The van der Waals surface area contributed by atoms with Crippen molar-refractivity contribution in [2.75, 3.05) is 26.7 Å². The zero-order chi connectivity index (χ0) is 10.8. The van der Waals surface area contributed by atoms with Crippen LogP contribution >= 0.6 is 0 Å². The Labute approximate surface area is 89.1 Å². The summed E-state index contributed by atoms with van der Waals surface area (Å²) in [6.45, 7) is 12.9. The molecule has 0 radical (unpaired) electrons. The van der Waals surface area contributed by atoms with Crippen LogP contribution < -0.4 is 5.32 Å². The van der Waals surface area contributed by atoms with E-state index in [1.165, 1.54) is 32.5 Å². The summed E-state index contributed by atoms with van der Waals surface area (Å²) in [6, 6.07) is 0. The first-order valence-electron chi connectivity index (χ1n) is 5.75. The van der Waals surface area contributed by atoms with Crippen LogP contribution in [0.2, 0.25) is 0 Å². The molecular weight excluding hydrogens is 172 g/mol. The van der Waals surface area contributed by atoms with Gasteiger partial charge in [0.2, 0.25) is 0 Å². The van der Waals surface area contributed by atoms with E-state index in [9.17, 15) is 0 Å². The lowest BCUT2D eigenvalue weighted by Gasteiger charge is -2.34. The second kappa shape index (κ2) is 4.19. The molecule has 1 N–H and O–H groups in total. The van der Waals surface area contributed by atoms with Crippen molar-refractivity contribution in [2.45, 2.75) is 46.1 Å². The van der Waals surface area contributed by atoms with Crippen molar-refractivity contribution in [3.63, 3.8) is 0 Å². The fourth-order valence-electron chi connectivity index (χ4n) is 1.86. The predicted octanol–water partition coefficient (Wildman–Crippen LogP) is 2.11. The van der Waals surface area contributed by atoms with E-state index in [0.29, 0.717) is 11.0 Å². The Morgan fingerprint density at radius 3 is 2.43 bits per heavy atom. The maximum Gasteiger partial charge on any atom is 0.0122 e. The molecule has 1 fully saturated rings. The number of rotatable bonds is 3. The van der Waals surface area contributed by atoms with Crippen LogP contribution in [-0.2, 0) is 0 Å². The Bertz CT molecular complexity index is 175. The van der Waals surface area contributed by atoms with Gasteiger partial charge in [0.05, 0.1) is 0 Å². The average Bonchev–Trinajstić information content (AvgIpc) is 2.47. The molecule has 0 aromatic carbocycles. The Morgan fingerprint density at radius 1 is 1.36 bits per heavy atom. The van der Waals surface area contributed by atoms with Crippen molar-refractivity contribution in [1.29, 1.82) is 0 Å². The first-order chi connectivity index (χ1) is 6.33. The molecule has 0 bridgehead atoms. The molecule has 0 saturated carbocycles. The van der Waals surface area contributed by atoms with Crippen LogP contribution in [0, 0.1) is 5.41 Å². The van der Waals surface area contributed by atoms with E-state index >= 15 is 0 Å². The lowest BCUT2D eigenvalue weighted by atomic mass is 9.85. The lowest BCUT2D eigenvalue weighted by Crippen LogP contribution is -2.40. The minimum atomic E-state index is 0.308. The van der Waals surface area contributed by atoms with Gasteiger partial charge in [0.25, 0.3) is 0 Å². The van der Waals surface area contributed by atoms with E-state index in [2.05, 4.69) is 45.0 Å². The molecule has 2 heteroatoms. The topological polar surface area (TPSA) is 15.3 Å².